The Morgan fingerprint density at radius 2 is 2.07 bits per heavy atom. The molecule has 0 atom stereocenters. The van der Waals surface area contributed by atoms with E-state index in [1.807, 2.05) is 25.2 Å². The Morgan fingerprint density at radius 1 is 1.26 bits per heavy atom. The minimum atomic E-state index is -0.332. The van der Waals surface area contributed by atoms with E-state index in [9.17, 15) is 9.59 Å². The van der Waals surface area contributed by atoms with Crippen molar-refractivity contribution in [3.05, 3.63) is 58.7 Å². The second-order valence-electron chi connectivity index (χ2n) is 5.98. The van der Waals surface area contributed by atoms with Gasteiger partial charge in [-0.3, -0.25) is 14.3 Å². The molecule has 0 fully saturated rings. The van der Waals surface area contributed by atoms with E-state index in [4.69, 9.17) is 16.3 Å². The maximum absolute atomic E-state index is 12.7. The number of hydrogen-bond acceptors (Lipinski definition) is 4. The molecule has 0 saturated heterocycles. The van der Waals surface area contributed by atoms with E-state index in [2.05, 4.69) is 15.7 Å². The highest BCUT2D eigenvalue weighted by atomic mass is 35.5. The zero-order chi connectivity index (χ0) is 19.4. The Bertz CT molecular complexity index is 1000. The largest absolute Gasteiger partial charge is 0.375 e. The van der Waals surface area contributed by atoms with Crippen LogP contribution < -0.4 is 10.6 Å². The Labute approximate surface area is 161 Å². The number of benzene rings is 2. The zero-order valence-corrected chi connectivity index (χ0v) is 15.7. The van der Waals surface area contributed by atoms with Crippen molar-refractivity contribution in [3.63, 3.8) is 0 Å². The highest BCUT2D eigenvalue weighted by molar-refractivity contribution is 6.34. The summed E-state index contributed by atoms with van der Waals surface area (Å²) in [6.45, 7) is 0.258. The molecule has 0 spiro atoms. The number of methoxy groups -OCH3 is 1. The molecule has 7 nitrogen and oxygen atoms in total. The first-order valence-electron chi connectivity index (χ1n) is 8.25. The Balaban J connectivity index is 1.79. The first-order valence-corrected chi connectivity index (χ1v) is 8.63. The van der Waals surface area contributed by atoms with Gasteiger partial charge in [-0.25, -0.2) is 0 Å². The third-order valence-corrected chi connectivity index (χ3v) is 4.41. The van der Waals surface area contributed by atoms with Crippen LogP contribution in [0.15, 0.2) is 42.6 Å². The van der Waals surface area contributed by atoms with Crippen LogP contribution in [0.25, 0.3) is 10.9 Å². The van der Waals surface area contributed by atoms with Crippen molar-refractivity contribution >= 4 is 40.0 Å². The molecule has 0 aliphatic carbocycles. The normalized spacial score (nSPS) is 10.8. The lowest BCUT2D eigenvalue weighted by Gasteiger charge is -2.10. The standard InChI is InChI=1S/C19H19ClN4O3/c1-24-17-5-3-4-16(14(17)10-22-24)23-19(26)13-8-12(6-7-15(13)20)9-21-18(25)11-27-2/h3-8,10H,9,11H2,1-2H3,(H,21,25)(H,23,26). The molecule has 8 heteroatoms. The van der Waals surface area contributed by atoms with E-state index in [0.717, 1.165) is 16.5 Å². The predicted molar refractivity (Wildman–Crippen MR) is 104 cm³/mol. The number of rotatable bonds is 6. The number of carbonyl (C=O) groups is 2. The average Bonchev–Trinajstić information content (AvgIpc) is 3.03. The van der Waals surface area contributed by atoms with Gasteiger partial charge in [-0.2, -0.15) is 5.10 Å². The Morgan fingerprint density at radius 3 is 2.85 bits per heavy atom. The van der Waals surface area contributed by atoms with Crippen molar-refractivity contribution in [2.75, 3.05) is 19.0 Å². The highest BCUT2D eigenvalue weighted by Gasteiger charge is 2.14. The number of aryl methyl sites for hydroxylation is 1. The number of amides is 2. The number of carbonyl (C=O) groups excluding carboxylic acids is 2. The summed E-state index contributed by atoms with van der Waals surface area (Å²) in [7, 11) is 3.29. The van der Waals surface area contributed by atoms with Gasteiger partial charge in [0.25, 0.3) is 5.91 Å². The molecule has 0 radical (unpaired) electrons. The van der Waals surface area contributed by atoms with E-state index in [-0.39, 0.29) is 25.0 Å². The number of hydrogen-bond donors (Lipinski definition) is 2. The molecular weight excluding hydrogens is 368 g/mol. The fraction of sp³-hybridized carbons (Fsp3) is 0.211. The van der Waals surface area contributed by atoms with Crippen molar-refractivity contribution in [1.29, 1.82) is 0 Å². The number of aromatic nitrogens is 2. The van der Waals surface area contributed by atoms with Crippen molar-refractivity contribution < 1.29 is 14.3 Å². The number of nitrogens with one attached hydrogen (secondary N) is 2. The summed E-state index contributed by atoms with van der Waals surface area (Å²) >= 11 is 6.21. The molecule has 1 aromatic heterocycles. The van der Waals surface area contributed by atoms with E-state index in [1.54, 1.807) is 29.1 Å². The predicted octanol–water partition coefficient (Wildman–Crippen LogP) is 2.74. The fourth-order valence-electron chi connectivity index (χ4n) is 2.72. The molecule has 0 saturated carbocycles. The van der Waals surface area contributed by atoms with Crippen LogP contribution in [-0.2, 0) is 23.1 Å². The topological polar surface area (TPSA) is 85.2 Å². The molecule has 0 aliphatic rings. The van der Waals surface area contributed by atoms with Gasteiger partial charge in [-0.15, -0.1) is 0 Å². The van der Waals surface area contributed by atoms with Crippen LogP contribution >= 0.6 is 11.6 Å². The molecule has 3 rings (SSSR count). The minimum absolute atomic E-state index is 0.0178. The van der Waals surface area contributed by atoms with Crippen LogP contribution in [0.1, 0.15) is 15.9 Å². The molecule has 1 heterocycles. The lowest BCUT2D eigenvalue weighted by Crippen LogP contribution is -2.26. The number of nitrogens with zero attached hydrogens (tertiary/aromatic N) is 2. The lowest BCUT2D eigenvalue weighted by molar-refractivity contribution is -0.124. The summed E-state index contributed by atoms with van der Waals surface area (Å²) in [5, 5.41) is 11.0. The minimum Gasteiger partial charge on any atom is -0.375 e. The monoisotopic (exact) mass is 386 g/mol. The number of halogens is 1. The van der Waals surface area contributed by atoms with Crippen LogP contribution in [-0.4, -0.2) is 35.3 Å². The smallest absolute Gasteiger partial charge is 0.257 e. The highest BCUT2D eigenvalue weighted by Crippen LogP contribution is 2.25. The molecule has 0 bridgehead atoms. The summed E-state index contributed by atoms with van der Waals surface area (Å²) in [6, 6.07) is 10.6. The second-order valence-corrected chi connectivity index (χ2v) is 6.39. The Kier molecular flexibility index (Phi) is 5.73. The quantitative estimate of drug-likeness (QED) is 0.682. The molecule has 2 aromatic carbocycles. The van der Waals surface area contributed by atoms with Crippen LogP contribution in [0, 0.1) is 0 Å². The number of fused-ring (bicyclic) bond motifs is 1. The van der Waals surface area contributed by atoms with Gasteiger partial charge in [0.2, 0.25) is 5.91 Å². The average molecular weight is 387 g/mol. The van der Waals surface area contributed by atoms with E-state index in [0.29, 0.717) is 16.3 Å². The molecule has 2 N–H and O–H groups in total. The Hall–Kier alpha value is -2.90. The third-order valence-electron chi connectivity index (χ3n) is 4.08. The summed E-state index contributed by atoms with van der Waals surface area (Å²) in [5.41, 5.74) is 2.65. The molecule has 140 valence electrons. The fourth-order valence-corrected chi connectivity index (χ4v) is 2.92. The van der Waals surface area contributed by atoms with Gasteiger partial charge in [0.15, 0.2) is 0 Å². The van der Waals surface area contributed by atoms with E-state index < -0.39 is 0 Å². The maximum Gasteiger partial charge on any atom is 0.257 e. The van der Waals surface area contributed by atoms with E-state index >= 15 is 0 Å². The van der Waals surface area contributed by atoms with Crippen LogP contribution in [0.5, 0.6) is 0 Å². The molecule has 0 aliphatic heterocycles. The molecule has 27 heavy (non-hydrogen) atoms. The molecule has 3 aromatic rings. The van der Waals surface area contributed by atoms with Gasteiger partial charge in [0.1, 0.15) is 6.61 Å². The number of ether oxygens (including phenoxy) is 1. The van der Waals surface area contributed by atoms with Gasteiger partial charge in [0, 0.05) is 26.1 Å². The maximum atomic E-state index is 12.7. The van der Waals surface area contributed by atoms with Gasteiger partial charge in [0.05, 0.1) is 28.0 Å². The van der Waals surface area contributed by atoms with Crippen LogP contribution in [0.2, 0.25) is 5.02 Å². The third kappa shape index (κ3) is 4.27. The first-order chi connectivity index (χ1) is 13.0. The van der Waals surface area contributed by atoms with Crippen molar-refractivity contribution in [2.45, 2.75) is 6.54 Å². The van der Waals surface area contributed by atoms with Crippen molar-refractivity contribution in [3.8, 4) is 0 Å². The molecule has 0 unspecified atom stereocenters. The van der Waals surface area contributed by atoms with E-state index in [1.165, 1.54) is 7.11 Å². The number of anilines is 1. The summed E-state index contributed by atoms with van der Waals surface area (Å²) in [6.07, 6.45) is 1.70. The molecular formula is C19H19ClN4O3. The second kappa shape index (κ2) is 8.20. The SMILES string of the molecule is COCC(=O)NCc1ccc(Cl)c(C(=O)Nc2cccc3c2cnn3C)c1. The summed E-state index contributed by atoms with van der Waals surface area (Å²) < 4.78 is 6.51. The van der Waals surface area contributed by atoms with Crippen molar-refractivity contribution in [2.24, 2.45) is 7.05 Å². The lowest BCUT2D eigenvalue weighted by atomic mass is 10.1. The van der Waals surface area contributed by atoms with Gasteiger partial charge < -0.3 is 15.4 Å². The van der Waals surface area contributed by atoms with Crippen LogP contribution in [0.4, 0.5) is 5.69 Å². The van der Waals surface area contributed by atoms with Crippen molar-refractivity contribution in [1.82, 2.24) is 15.1 Å². The molecule has 2 amide bonds. The summed E-state index contributed by atoms with van der Waals surface area (Å²) in [5.74, 6) is -0.567. The van der Waals surface area contributed by atoms with Gasteiger partial charge >= 0.3 is 0 Å². The van der Waals surface area contributed by atoms with Gasteiger partial charge in [-0.1, -0.05) is 23.7 Å². The van der Waals surface area contributed by atoms with Crippen LogP contribution in [0.3, 0.4) is 0 Å². The van der Waals surface area contributed by atoms with Gasteiger partial charge in [-0.05, 0) is 29.8 Å². The summed E-state index contributed by atoms with van der Waals surface area (Å²) in [4.78, 5) is 24.3. The zero-order valence-electron chi connectivity index (χ0n) is 15.0. The first kappa shape index (κ1) is 18.9.